The highest BCUT2D eigenvalue weighted by Gasteiger charge is 2.48. The van der Waals surface area contributed by atoms with Crippen LogP contribution in [0.25, 0.3) is 0 Å². The van der Waals surface area contributed by atoms with Gasteiger partial charge >= 0.3 is 0 Å². The van der Waals surface area contributed by atoms with Crippen LogP contribution in [0, 0.1) is 5.82 Å². The number of nitrogens with zero attached hydrogens (tertiary/aromatic N) is 2. The molecule has 0 aromatic heterocycles. The first-order valence-electron chi connectivity index (χ1n) is 14.7. The molecule has 0 saturated heterocycles. The summed E-state index contributed by atoms with van der Waals surface area (Å²) in [6.45, 7) is 4.12. The van der Waals surface area contributed by atoms with Crippen LogP contribution in [0.15, 0.2) is 48.5 Å². The smallest absolute Gasteiger partial charge is 0.257 e. The lowest BCUT2D eigenvalue weighted by Crippen LogP contribution is -2.56. The fourth-order valence-electron chi connectivity index (χ4n) is 6.89. The van der Waals surface area contributed by atoms with Crippen LogP contribution < -0.4 is 4.74 Å². The lowest BCUT2D eigenvalue weighted by molar-refractivity contribution is -0.143. The van der Waals surface area contributed by atoms with E-state index in [4.69, 9.17) is 4.74 Å². The van der Waals surface area contributed by atoms with Gasteiger partial charge in [-0.15, -0.1) is 0 Å². The molecule has 0 N–H and O–H groups in total. The summed E-state index contributed by atoms with van der Waals surface area (Å²) in [6, 6.07) is 14.2. The molecule has 1 heterocycles. The van der Waals surface area contributed by atoms with Gasteiger partial charge in [0.2, 0.25) is 5.91 Å². The second-order valence-electron chi connectivity index (χ2n) is 11.3. The third-order valence-corrected chi connectivity index (χ3v) is 8.85. The van der Waals surface area contributed by atoms with Crippen LogP contribution in [-0.2, 0) is 10.2 Å². The highest BCUT2D eigenvalue weighted by atomic mass is 19.1. The summed E-state index contributed by atoms with van der Waals surface area (Å²) < 4.78 is 20.5. The number of amides is 2. The van der Waals surface area contributed by atoms with Gasteiger partial charge in [-0.1, -0.05) is 50.5 Å². The van der Waals surface area contributed by atoms with Gasteiger partial charge in [0.1, 0.15) is 17.7 Å². The Labute approximate surface area is 226 Å². The molecule has 0 unspecified atom stereocenters. The van der Waals surface area contributed by atoms with E-state index < -0.39 is 5.41 Å². The number of ether oxygens (including phenoxy) is 1. The van der Waals surface area contributed by atoms with Crippen LogP contribution in [0.3, 0.4) is 0 Å². The highest BCUT2D eigenvalue weighted by molar-refractivity contribution is 5.97. The summed E-state index contributed by atoms with van der Waals surface area (Å²) >= 11 is 0. The monoisotopic (exact) mass is 520 g/mol. The Morgan fingerprint density at radius 3 is 2.42 bits per heavy atom. The van der Waals surface area contributed by atoms with Crippen molar-refractivity contribution in [2.75, 3.05) is 19.6 Å². The molecule has 2 aliphatic carbocycles. The van der Waals surface area contributed by atoms with Gasteiger partial charge in [0.25, 0.3) is 5.91 Å². The fraction of sp³-hybridized carbons (Fsp3) is 0.562. The summed E-state index contributed by atoms with van der Waals surface area (Å²) in [4.78, 5) is 32.3. The maximum absolute atomic E-state index is 14.7. The van der Waals surface area contributed by atoms with Crippen LogP contribution in [0.1, 0.15) is 93.5 Å². The molecule has 3 aliphatic rings. The van der Waals surface area contributed by atoms with Crippen molar-refractivity contribution in [3.63, 3.8) is 0 Å². The Morgan fingerprint density at radius 2 is 1.66 bits per heavy atom. The molecule has 0 radical (unpaired) electrons. The number of hydrogen-bond donors (Lipinski definition) is 0. The molecule has 2 amide bonds. The molecule has 5 rings (SSSR count). The van der Waals surface area contributed by atoms with Crippen molar-refractivity contribution in [2.45, 2.75) is 95.1 Å². The fourth-order valence-corrected chi connectivity index (χ4v) is 6.89. The molecular weight excluding hydrogens is 479 g/mol. The van der Waals surface area contributed by atoms with Gasteiger partial charge in [-0.05, 0) is 81.2 Å². The second-order valence-corrected chi connectivity index (χ2v) is 11.3. The van der Waals surface area contributed by atoms with Crippen molar-refractivity contribution >= 4 is 11.8 Å². The highest BCUT2D eigenvalue weighted by Crippen LogP contribution is 2.44. The molecule has 2 atom stereocenters. The number of hydrogen-bond acceptors (Lipinski definition) is 3. The van der Waals surface area contributed by atoms with Crippen LogP contribution in [0.2, 0.25) is 0 Å². The predicted molar refractivity (Wildman–Crippen MR) is 147 cm³/mol. The normalized spacial score (nSPS) is 24.0. The van der Waals surface area contributed by atoms with Gasteiger partial charge in [0.15, 0.2) is 0 Å². The van der Waals surface area contributed by atoms with Crippen molar-refractivity contribution in [3.05, 3.63) is 65.5 Å². The van der Waals surface area contributed by atoms with Crippen molar-refractivity contribution in [2.24, 2.45) is 0 Å². The number of rotatable bonds is 4. The molecule has 2 aromatic rings. The lowest BCUT2D eigenvalue weighted by Gasteiger charge is -2.44. The minimum Gasteiger partial charge on any atom is -0.487 e. The Kier molecular flexibility index (Phi) is 8.35. The summed E-state index contributed by atoms with van der Waals surface area (Å²) in [7, 11) is 0. The molecule has 0 bridgehead atoms. The van der Waals surface area contributed by atoms with Crippen LogP contribution in [0.4, 0.5) is 4.39 Å². The topological polar surface area (TPSA) is 49.9 Å². The Hall–Kier alpha value is -2.89. The van der Waals surface area contributed by atoms with Gasteiger partial charge in [0, 0.05) is 19.6 Å². The Bertz CT molecular complexity index is 1110. The first-order chi connectivity index (χ1) is 18.5. The standard InChI is InChI=1S/C32H41FN2O3/c1-2-21-34-22-9-10-23-35(31(37)32(19-7-8-20-32)24-15-17-25(33)18-16-24)27-12-4-6-14-29(27)38-28-13-5-3-11-26(28)30(34)36/h3,5,11,13,15-18,27,29H,2,4,6-10,12,14,19-23H2,1H3/t27-,29+/m1/s1. The first-order valence-corrected chi connectivity index (χ1v) is 14.7. The van der Waals surface area contributed by atoms with Crippen molar-refractivity contribution in [3.8, 4) is 5.75 Å². The molecular formula is C32H41FN2O3. The minimum atomic E-state index is -0.602. The van der Waals surface area contributed by atoms with Crippen molar-refractivity contribution < 1.29 is 18.7 Å². The first kappa shape index (κ1) is 26.7. The number of carbonyl (C=O) groups is 2. The van der Waals surface area contributed by atoms with E-state index in [1.54, 1.807) is 0 Å². The van der Waals surface area contributed by atoms with Gasteiger partial charge in [0.05, 0.1) is 17.0 Å². The average molecular weight is 521 g/mol. The van der Waals surface area contributed by atoms with E-state index in [9.17, 15) is 14.0 Å². The van der Waals surface area contributed by atoms with E-state index in [0.717, 1.165) is 76.2 Å². The largest absolute Gasteiger partial charge is 0.487 e. The van der Waals surface area contributed by atoms with E-state index in [1.165, 1.54) is 12.1 Å². The van der Waals surface area contributed by atoms with Crippen molar-refractivity contribution in [1.82, 2.24) is 9.80 Å². The number of carbonyl (C=O) groups excluding carboxylic acids is 2. The van der Waals surface area contributed by atoms with Crippen LogP contribution in [-0.4, -0.2) is 53.4 Å². The van der Waals surface area contributed by atoms with E-state index in [2.05, 4.69) is 11.8 Å². The zero-order valence-corrected chi connectivity index (χ0v) is 22.7. The Balaban J connectivity index is 1.52. The molecule has 2 saturated carbocycles. The second kappa shape index (κ2) is 11.9. The van der Waals surface area contributed by atoms with Gasteiger partial charge in [-0.3, -0.25) is 9.59 Å². The van der Waals surface area contributed by atoms with Crippen LogP contribution >= 0.6 is 0 Å². The zero-order chi connectivity index (χ0) is 26.5. The SMILES string of the molecule is CCCN1CCCCN(C(=O)C2(c3ccc(F)cc3)CCCC2)[C@@H]2CCCC[C@@H]2Oc2ccccc2C1=O. The van der Waals surface area contributed by atoms with Crippen molar-refractivity contribution in [1.29, 1.82) is 0 Å². The van der Waals surface area contributed by atoms with E-state index in [-0.39, 0.29) is 29.8 Å². The Morgan fingerprint density at radius 1 is 0.947 bits per heavy atom. The van der Waals surface area contributed by atoms with Gasteiger partial charge in [-0.2, -0.15) is 0 Å². The minimum absolute atomic E-state index is 0.0320. The molecule has 2 aromatic carbocycles. The maximum atomic E-state index is 14.7. The summed E-state index contributed by atoms with van der Waals surface area (Å²) in [5, 5.41) is 0. The average Bonchev–Trinajstić information content (AvgIpc) is 3.44. The predicted octanol–water partition coefficient (Wildman–Crippen LogP) is 6.50. The molecule has 1 aliphatic heterocycles. The molecule has 2 fully saturated rings. The lowest BCUT2D eigenvalue weighted by atomic mass is 9.76. The summed E-state index contributed by atoms with van der Waals surface area (Å²) in [6.07, 6.45) is 9.88. The van der Waals surface area contributed by atoms with Gasteiger partial charge in [-0.25, -0.2) is 4.39 Å². The molecule has 38 heavy (non-hydrogen) atoms. The summed E-state index contributed by atoms with van der Waals surface area (Å²) in [5.74, 6) is 0.558. The number of fused-ring (bicyclic) bond motifs is 2. The molecule has 204 valence electrons. The number of benzene rings is 2. The van der Waals surface area contributed by atoms with Crippen LogP contribution in [0.5, 0.6) is 5.75 Å². The number of halogens is 1. The molecule has 0 spiro atoms. The molecule has 6 heteroatoms. The summed E-state index contributed by atoms with van der Waals surface area (Å²) in [5.41, 5.74) is 0.947. The quantitative estimate of drug-likeness (QED) is 0.462. The van der Waals surface area contributed by atoms with Gasteiger partial charge < -0.3 is 14.5 Å². The maximum Gasteiger partial charge on any atom is 0.257 e. The van der Waals surface area contributed by atoms with E-state index in [1.807, 2.05) is 41.3 Å². The third-order valence-electron chi connectivity index (χ3n) is 8.85. The molecule has 5 nitrogen and oxygen atoms in total. The number of para-hydroxylation sites is 1. The van der Waals surface area contributed by atoms with E-state index in [0.29, 0.717) is 30.9 Å². The third kappa shape index (κ3) is 5.32. The zero-order valence-electron chi connectivity index (χ0n) is 22.7. The van der Waals surface area contributed by atoms with E-state index >= 15 is 0 Å².